The third-order valence-corrected chi connectivity index (χ3v) is 5.22. The molecule has 0 aliphatic heterocycles. The summed E-state index contributed by atoms with van der Waals surface area (Å²) in [5.41, 5.74) is 2.55. The molecule has 0 radical (unpaired) electrons. The second kappa shape index (κ2) is 7.85. The van der Waals surface area contributed by atoms with Crippen LogP contribution in [0.2, 0.25) is 0 Å². The van der Waals surface area contributed by atoms with E-state index in [1.165, 1.54) is 11.1 Å². The van der Waals surface area contributed by atoms with E-state index < -0.39 is 0 Å². The Morgan fingerprint density at radius 1 is 1.04 bits per heavy atom. The first-order valence-electron chi connectivity index (χ1n) is 7.57. The normalized spacial score (nSPS) is 10.8. The molecule has 0 unspecified atom stereocenters. The van der Waals surface area contributed by atoms with Crippen LogP contribution in [0.4, 0.5) is 0 Å². The van der Waals surface area contributed by atoms with Gasteiger partial charge in [0.25, 0.3) is 0 Å². The van der Waals surface area contributed by atoms with Crippen LogP contribution in [0.25, 0.3) is 0 Å². The van der Waals surface area contributed by atoms with Crippen LogP contribution >= 0.6 is 27.7 Å². The molecule has 124 valence electrons. The Hall–Kier alpha value is -1.79. The molecule has 0 aliphatic carbocycles. The Morgan fingerprint density at radius 3 is 2.46 bits per heavy atom. The maximum absolute atomic E-state index is 5.76. The van der Waals surface area contributed by atoms with Gasteiger partial charge in [-0.25, -0.2) is 0 Å². The van der Waals surface area contributed by atoms with E-state index in [1.807, 2.05) is 35.9 Å². The van der Waals surface area contributed by atoms with E-state index in [2.05, 4.69) is 57.3 Å². The standard InChI is InChI=1S/C18H18BrN3OS/c1-13-3-5-14(6-4-13)12-24-18-21-20-17(22(18)2)11-23-16-9-7-15(19)8-10-16/h3-10H,11-12H2,1-2H3. The maximum Gasteiger partial charge on any atom is 0.191 e. The van der Waals surface area contributed by atoms with Crippen LogP contribution in [0.3, 0.4) is 0 Å². The quantitative estimate of drug-likeness (QED) is 0.556. The topological polar surface area (TPSA) is 39.9 Å². The lowest BCUT2D eigenvalue weighted by molar-refractivity contribution is 0.290. The fraction of sp³-hybridized carbons (Fsp3) is 0.222. The van der Waals surface area contributed by atoms with Gasteiger partial charge >= 0.3 is 0 Å². The number of halogens is 1. The number of aryl methyl sites for hydroxylation is 1. The summed E-state index contributed by atoms with van der Waals surface area (Å²) in [6, 6.07) is 16.3. The van der Waals surface area contributed by atoms with Gasteiger partial charge in [0.1, 0.15) is 12.4 Å². The van der Waals surface area contributed by atoms with Gasteiger partial charge in [-0.2, -0.15) is 0 Å². The van der Waals surface area contributed by atoms with Gasteiger partial charge in [-0.05, 0) is 36.8 Å². The Labute approximate surface area is 154 Å². The first kappa shape index (κ1) is 17.0. The van der Waals surface area contributed by atoms with Crippen molar-refractivity contribution in [1.82, 2.24) is 14.8 Å². The van der Waals surface area contributed by atoms with Gasteiger partial charge in [0.2, 0.25) is 0 Å². The lowest BCUT2D eigenvalue weighted by atomic mass is 10.2. The van der Waals surface area contributed by atoms with Crippen molar-refractivity contribution >= 4 is 27.7 Å². The van der Waals surface area contributed by atoms with Gasteiger partial charge in [-0.15, -0.1) is 10.2 Å². The number of hydrogen-bond acceptors (Lipinski definition) is 4. The van der Waals surface area contributed by atoms with Crippen LogP contribution in [0.1, 0.15) is 17.0 Å². The number of rotatable bonds is 6. The van der Waals surface area contributed by atoms with E-state index in [4.69, 9.17) is 4.74 Å². The molecule has 1 aromatic heterocycles. The van der Waals surface area contributed by atoms with Gasteiger partial charge < -0.3 is 9.30 Å². The van der Waals surface area contributed by atoms with Crippen LogP contribution in [-0.4, -0.2) is 14.8 Å². The molecule has 3 rings (SSSR count). The van der Waals surface area contributed by atoms with Gasteiger partial charge in [0, 0.05) is 17.3 Å². The molecule has 4 nitrogen and oxygen atoms in total. The molecule has 0 atom stereocenters. The molecule has 0 aliphatic rings. The molecule has 6 heteroatoms. The summed E-state index contributed by atoms with van der Waals surface area (Å²) in [6.45, 7) is 2.49. The summed E-state index contributed by atoms with van der Waals surface area (Å²) in [6.07, 6.45) is 0. The maximum atomic E-state index is 5.76. The van der Waals surface area contributed by atoms with Crippen LogP contribution in [0.5, 0.6) is 5.75 Å². The van der Waals surface area contributed by atoms with Crippen molar-refractivity contribution in [2.45, 2.75) is 24.4 Å². The Balaban J connectivity index is 1.58. The van der Waals surface area contributed by atoms with Gasteiger partial charge in [0.15, 0.2) is 11.0 Å². The van der Waals surface area contributed by atoms with Crippen LogP contribution in [0, 0.1) is 6.92 Å². The fourth-order valence-corrected chi connectivity index (χ4v) is 3.26. The predicted octanol–water partition coefficient (Wildman–Crippen LogP) is 4.76. The van der Waals surface area contributed by atoms with Crippen molar-refractivity contribution in [3.63, 3.8) is 0 Å². The summed E-state index contributed by atoms with van der Waals surface area (Å²) < 4.78 is 8.78. The van der Waals surface area contributed by atoms with Crippen molar-refractivity contribution < 1.29 is 4.74 Å². The summed E-state index contributed by atoms with van der Waals surface area (Å²) in [5, 5.41) is 9.39. The lowest BCUT2D eigenvalue weighted by Crippen LogP contribution is -2.04. The predicted molar refractivity (Wildman–Crippen MR) is 100 cm³/mol. The highest BCUT2D eigenvalue weighted by Crippen LogP contribution is 2.22. The number of thioether (sulfide) groups is 1. The molecule has 0 N–H and O–H groups in total. The molecule has 0 saturated heterocycles. The second-order valence-corrected chi connectivity index (χ2v) is 7.33. The van der Waals surface area contributed by atoms with Crippen molar-refractivity contribution in [3.05, 3.63) is 70.0 Å². The zero-order valence-corrected chi connectivity index (χ0v) is 16.0. The van der Waals surface area contributed by atoms with Gasteiger partial charge in [-0.1, -0.05) is 57.5 Å². The number of aromatic nitrogens is 3. The van der Waals surface area contributed by atoms with Crippen molar-refractivity contribution in [3.8, 4) is 5.75 Å². The largest absolute Gasteiger partial charge is 0.486 e. The average Bonchev–Trinajstić information content (AvgIpc) is 2.94. The van der Waals surface area contributed by atoms with E-state index in [0.717, 1.165) is 27.0 Å². The summed E-state index contributed by atoms with van der Waals surface area (Å²) >= 11 is 5.09. The third-order valence-electron chi connectivity index (χ3n) is 3.60. The van der Waals surface area contributed by atoms with Gasteiger partial charge in [0.05, 0.1) is 0 Å². The molecule has 3 aromatic rings. The number of benzene rings is 2. The first-order valence-corrected chi connectivity index (χ1v) is 9.34. The summed E-state index contributed by atoms with van der Waals surface area (Å²) in [4.78, 5) is 0. The highest BCUT2D eigenvalue weighted by molar-refractivity contribution is 9.10. The van der Waals surface area contributed by atoms with E-state index >= 15 is 0 Å². The molecule has 0 fully saturated rings. The summed E-state index contributed by atoms with van der Waals surface area (Å²) in [7, 11) is 1.97. The smallest absolute Gasteiger partial charge is 0.191 e. The first-order chi connectivity index (χ1) is 11.6. The van der Waals surface area contributed by atoms with Crippen LogP contribution < -0.4 is 4.74 Å². The van der Waals surface area contributed by atoms with Crippen LogP contribution in [0.15, 0.2) is 58.2 Å². The molecular formula is C18H18BrN3OS. The Morgan fingerprint density at radius 2 is 1.75 bits per heavy atom. The number of nitrogens with zero attached hydrogens (tertiary/aromatic N) is 3. The average molecular weight is 404 g/mol. The minimum absolute atomic E-state index is 0.399. The van der Waals surface area contributed by atoms with E-state index in [0.29, 0.717) is 6.61 Å². The van der Waals surface area contributed by atoms with E-state index in [9.17, 15) is 0 Å². The monoisotopic (exact) mass is 403 g/mol. The van der Waals surface area contributed by atoms with E-state index in [-0.39, 0.29) is 0 Å². The van der Waals surface area contributed by atoms with E-state index in [1.54, 1.807) is 11.8 Å². The van der Waals surface area contributed by atoms with Gasteiger partial charge in [-0.3, -0.25) is 0 Å². The van der Waals surface area contributed by atoms with Crippen molar-refractivity contribution in [2.24, 2.45) is 7.05 Å². The van der Waals surface area contributed by atoms with Crippen molar-refractivity contribution in [2.75, 3.05) is 0 Å². The third kappa shape index (κ3) is 4.39. The molecule has 24 heavy (non-hydrogen) atoms. The molecule has 2 aromatic carbocycles. The highest BCUT2D eigenvalue weighted by Gasteiger charge is 2.10. The minimum atomic E-state index is 0.399. The lowest BCUT2D eigenvalue weighted by Gasteiger charge is -2.07. The zero-order chi connectivity index (χ0) is 16.9. The zero-order valence-electron chi connectivity index (χ0n) is 13.6. The summed E-state index contributed by atoms with van der Waals surface area (Å²) in [5.74, 6) is 2.50. The van der Waals surface area contributed by atoms with Crippen LogP contribution in [-0.2, 0) is 19.4 Å². The highest BCUT2D eigenvalue weighted by atomic mass is 79.9. The molecule has 0 amide bonds. The number of hydrogen-bond donors (Lipinski definition) is 0. The molecule has 0 bridgehead atoms. The SMILES string of the molecule is Cc1ccc(CSc2nnc(COc3ccc(Br)cc3)n2C)cc1. The fourth-order valence-electron chi connectivity index (χ4n) is 2.11. The Kier molecular flexibility index (Phi) is 5.58. The molecule has 0 saturated carbocycles. The molecule has 1 heterocycles. The second-order valence-electron chi connectivity index (χ2n) is 5.47. The minimum Gasteiger partial charge on any atom is -0.486 e. The molecular weight excluding hydrogens is 386 g/mol. The van der Waals surface area contributed by atoms with Crippen molar-refractivity contribution in [1.29, 1.82) is 0 Å². The molecule has 0 spiro atoms. The Bertz CT molecular complexity index is 733. The number of ether oxygens (including phenoxy) is 1.